The number of allylic oxidation sites excluding steroid dienone is 1. The Labute approximate surface area is 120 Å². The van der Waals surface area contributed by atoms with E-state index in [2.05, 4.69) is 43.3 Å². The van der Waals surface area contributed by atoms with Crippen LogP contribution in [-0.2, 0) is 0 Å². The number of ether oxygens (including phenoxy) is 2. The summed E-state index contributed by atoms with van der Waals surface area (Å²) in [6.07, 6.45) is 4.33. The average molecular weight is 268 g/mol. The number of benzene rings is 2. The molecule has 0 spiro atoms. The zero-order valence-electron chi connectivity index (χ0n) is 12.2. The van der Waals surface area contributed by atoms with Crippen molar-refractivity contribution in [2.45, 2.75) is 12.8 Å². The van der Waals surface area contributed by atoms with Gasteiger partial charge in [-0.25, -0.2) is 0 Å². The van der Waals surface area contributed by atoms with Crippen LogP contribution in [0.5, 0.6) is 11.5 Å². The van der Waals surface area contributed by atoms with Gasteiger partial charge in [-0.05, 0) is 41.3 Å². The van der Waals surface area contributed by atoms with Crippen LogP contribution in [0.4, 0.5) is 0 Å². The van der Waals surface area contributed by atoms with E-state index in [0.29, 0.717) is 5.92 Å². The Hall–Kier alpha value is -2.22. The van der Waals surface area contributed by atoms with Gasteiger partial charge in [-0.3, -0.25) is 0 Å². The normalized spacial score (nSPS) is 12.3. The lowest BCUT2D eigenvalue weighted by molar-refractivity contribution is 0.414. The molecule has 2 heteroatoms. The van der Waals surface area contributed by atoms with Crippen molar-refractivity contribution < 1.29 is 9.47 Å². The maximum absolute atomic E-state index is 5.17. The fourth-order valence-corrected chi connectivity index (χ4v) is 1.99. The van der Waals surface area contributed by atoms with Gasteiger partial charge in [0.15, 0.2) is 0 Å². The third-order valence-corrected chi connectivity index (χ3v) is 3.33. The molecule has 2 aromatic carbocycles. The molecular weight excluding hydrogens is 248 g/mol. The molecule has 0 aliphatic heterocycles. The maximum Gasteiger partial charge on any atom is 0.118 e. The van der Waals surface area contributed by atoms with Gasteiger partial charge in [0.2, 0.25) is 0 Å². The van der Waals surface area contributed by atoms with Gasteiger partial charge in [-0.2, -0.15) is 0 Å². The summed E-state index contributed by atoms with van der Waals surface area (Å²) in [6, 6.07) is 16.2. The lowest BCUT2D eigenvalue weighted by Gasteiger charge is -2.08. The van der Waals surface area contributed by atoms with Gasteiger partial charge in [-0.15, -0.1) is 0 Å². The van der Waals surface area contributed by atoms with Gasteiger partial charge in [0.1, 0.15) is 11.5 Å². The second-order valence-corrected chi connectivity index (χ2v) is 4.69. The molecule has 1 atom stereocenters. The monoisotopic (exact) mass is 268 g/mol. The SMILES string of the molecule is COc1ccc(/C=C/[C@H](C)c2ccc(OC)cc2)cc1. The van der Waals surface area contributed by atoms with Crippen molar-refractivity contribution in [1.29, 1.82) is 0 Å². The highest BCUT2D eigenvalue weighted by Crippen LogP contribution is 2.21. The van der Waals surface area contributed by atoms with Crippen molar-refractivity contribution in [2.75, 3.05) is 14.2 Å². The largest absolute Gasteiger partial charge is 0.497 e. The molecule has 0 aliphatic rings. The molecular formula is C18H20O2. The number of hydrogen-bond acceptors (Lipinski definition) is 2. The maximum atomic E-state index is 5.17. The zero-order chi connectivity index (χ0) is 14.4. The first kappa shape index (κ1) is 14.2. The van der Waals surface area contributed by atoms with Gasteiger partial charge >= 0.3 is 0 Å². The second-order valence-electron chi connectivity index (χ2n) is 4.69. The molecule has 2 aromatic rings. The molecule has 104 valence electrons. The Balaban J connectivity index is 2.04. The number of hydrogen-bond donors (Lipinski definition) is 0. The molecule has 0 N–H and O–H groups in total. The molecule has 0 amide bonds. The van der Waals surface area contributed by atoms with Gasteiger partial charge < -0.3 is 9.47 Å². The summed E-state index contributed by atoms with van der Waals surface area (Å²) in [7, 11) is 3.36. The molecule has 0 saturated carbocycles. The minimum Gasteiger partial charge on any atom is -0.497 e. The van der Waals surface area contributed by atoms with Gasteiger partial charge in [0.05, 0.1) is 14.2 Å². The summed E-state index contributed by atoms with van der Waals surface area (Å²) in [5, 5.41) is 0. The Kier molecular flexibility index (Phi) is 4.83. The first-order valence-corrected chi connectivity index (χ1v) is 6.69. The van der Waals surface area contributed by atoms with E-state index in [1.807, 2.05) is 24.3 Å². The minimum absolute atomic E-state index is 0.364. The Morgan fingerprint density at radius 2 is 1.30 bits per heavy atom. The van der Waals surface area contributed by atoms with Crippen LogP contribution in [0, 0.1) is 0 Å². The smallest absolute Gasteiger partial charge is 0.118 e. The lowest BCUT2D eigenvalue weighted by atomic mass is 10.00. The van der Waals surface area contributed by atoms with Crippen molar-refractivity contribution >= 4 is 6.08 Å². The van der Waals surface area contributed by atoms with Crippen molar-refractivity contribution in [3.63, 3.8) is 0 Å². The first-order chi connectivity index (χ1) is 9.72. The predicted molar refractivity (Wildman–Crippen MR) is 83.4 cm³/mol. The fraction of sp³-hybridized carbons (Fsp3) is 0.222. The molecule has 0 saturated heterocycles. The van der Waals surface area contributed by atoms with Gasteiger partial charge in [0, 0.05) is 0 Å². The van der Waals surface area contributed by atoms with E-state index >= 15 is 0 Å². The Bertz CT molecular complexity index is 553. The molecule has 0 bridgehead atoms. The summed E-state index contributed by atoms with van der Waals surface area (Å²) in [5.41, 5.74) is 2.45. The van der Waals surface area contributed by atoms with E-state index < -0.39 is 0 Å². The summed E-state index contributed by atoms with van der Waals surface area (Å²) in [5.74, 6) is 2.13. The van der Waals surface area contributed by atoms with Crippen LogP contribution in [0.25, 0.3) is 6.08 Å². The number of rotatable bonds is 5. The topological polar surface area (TPSA) is 18.5 Å². The molecule has 0 fully saturated rings. The standard InChI is InChI=1S/C18H20O2/c1-14(16-8-12-18(20-3)13-9-16)4-5-15-6-10-17(19-2)11-7-15/h4-14H,1-3H3/b5-4+/t14-/m0/s1. The zero-order valence-corrected chi connectivity index (χ0v) is 12.2. The average Bonchev–Trinajstić information content (AvgIpc) is 2.53. The van der Waals surface area contributed by atoms with Crippen LogP contribution in [0.15, 0.2) is 54.6 Å². The highest BCUT2D eigenvalue weighted by molar-refractivity contribution is 5.52. The van der Waals surface area contributed by atoms with E-state index in [0.717, 1.165) is 11.5 Å². The first-order valence-electron chi connectivity index (χ1n) is 6.69. The van der Waals surface area contributed by atoms with Crippen LogP contribution in [0.1, 0.15) is 24.0 Å². The lowest BCUT2D eigenvalue weighted by Crippen LogP contribution is -1.90. The molecule has 0 radical (unpaired) electrons. The van der Waals surface area contributed by atoms with Crippen LogP contribution in [-0.4, -0.2) is 14.2 Å². The van der Waals surface area contributed by atoms with Crippen molar-refractivity contribution in [3.05, 3.63) is 65.7 Å². The van der Waals surface area contributed by atoms with Crippen LogP contribution in [0.3, 0.4) is 0 Å². The van der Waals surface area contributed by atoms with E-state index in [1.54, 1.807) is 14.2 Å². The molecule has 2 nitrogen and oxygen atoms in total. The fourth-order valence-electron chi connectivity index (χ4n) is 1.99. The quantitative estimate of drug-likeness (QED) is 0.793. The second kappa shape index (κ2) is 6.80. The molecule has 20 heavy (non-hydrogen) atoms. The third-order valence-electron chi connectivity index (χ3n) is 3.33. The van der Waals surface area contributed by atoms with Crippen LogP contribution < -0.4 is 9.47 Å². The highest BCUT2D eigenvalue weighted by Gasteiger charge is 2.01. The summed E-state index contributed by atoms with van der Waals surface area (Å²) in [6.45, 7) is 2.18. The summed E-state index contributed by atoms with van der Waals surface area (Å²) >= 11 is 0. The van der Waals surface area contributed by atoms with E-state index in [4.69, 9.17) is 9.47 Å². The Morgan fingerprint density at radius 3 is 1.80 bits per heavy atom. The molecule has 2 rings (SSSR count). The minimum atomic E-state index is 0.364. The predicted octanol–water partition coefficient (Wildman–Crippen LogP) is 4.52. The van der Waals surface area contributed by atoms with Crippen molar-refractivity contribution in [1.82, 2.24) is 0 Å². The van der Waals surface area contributed by atoms with E-state index in [-0.39, 0.29) is 0 Å². The van der Waals surface area contributed by atoms with E-state index in [9.17, 15) is 0 Å². The van der Waals surface area contributed by atoms with Crippen molar-refractivity contribution in [3.8, 4) is 11.5 Å². The summed E-state index contributed by atoms with van der Waals surface area (Å²) in [4.78, 5) is 0. The third kappa shape index (κ3) is 3.64. The number of methoxy groups -OCH3 is 2. The molecule has 0 heterocycles. The molecule has 0 aliphatic carbocycles. The van der Waals surface area contributed by atoms with Crippen LogP contribution in [0.2, 0.25) is 0 Å². The van der Waals surface area contributed by atoms with Gasteiger partial charge in [-0.1, -0.05) is 43.3 Å². The van der Waals surface area contributed by atoms with Crippen LogP contribution >= 0.6 is 0 Å². The summed E-state index contributed by atoms with van der Waals surface area (Å²) < 4.78 is 10.3. The highest BCUT2D eigenvalue weighted by atomic mass is 16.5. The van der Waals surface area contributed by atoms with Crippen molar-refractivity contribution in [2.24, 2.45) is 0 Å². The molecule has 0 unspecified atom stereocenters. The van der Waals surface area contributed by atoms with E-state index in [1.165, 1.54) is 11.1 Å². The van der Waals surface area contributed by atoms with Gasteiger partial charge in [0.25, 0.3) is 0 Å². The Morgan fingerprint density at radius 1 is 0.800 bits per heavy atom. The molecule has 0 aromatic heterocycles.